The summed E-state index contributed by atoms with van der Waals surface area (Å²) >= 11 is 5.69. The fourth-order valence-corrected chi connectivity index (χ4v) is 2.17. The van der Waals surface area contributed by atoms with Gasteiger partial charge in [0, 0.05) is 31.9 Å². The van der Waals surface area contributed by atoms with Crippen LogP contribution in [0.4, 0.5) is 10.2 Å². The van der Waals surface area contributed by atoms with E-state index in [1.807, 2.05) is 4.90 Å². The fraction of sp³-hybridized carbons (Fsp3) is 0.545. The maximum absolute atomic E-state index is 13.7. The second-order valence-corrected chi connectivity index (χ2v) is 4.35. The van der Waals surface area contributed by atoms with Crippen LogP contribution in [0.1, 0.15) is 13.3 Å². The lowest BCUT2D eigenvalue weighted by molar-refractivity contribution is 0.454. The summed E-state index contributed by atoms with van der Waals surface area (Å²) in [5, 5.41) is 3.64. The number of piperazine rings is 1. The largest absolute Gasteiger partial charge is 0.349 e. The van der Waals surface area contributed by atoms with E-state index in [1.165, 1.54) is 12.3 Å². The zero-order chi connectivity index (χ0) is 11.5. The number of nitrogens with zero attached hydrogens (tertiary/aromatic N) is 2. The molecule has 1 aliphatic rings. The number of halogens is 2. The van der Waals surface area contributed by atoms with Gasteiger partial charge in [-0.05, 0) is 12.5 Å². The second-order valence-electron chi connectivity index (χ2n) is 3.92. The number of aromatic nitrogens is 1. The average Bonchev–Trinajstić information content (AvgIpc) is 2.29. The average molecular weight is 244 g/mol. The SMILES string of the molecule is CCC1CNCCN1c1ncc(Cl)cc1F. The molecular weight excluding hydrogens is 229 g/mol. The molecule has 1 N–H and O–H groups in total. The van der Waals surface area contributed by atoms with Gasteiger partial charge < -0.3 is 10.2 Å². The van der Waals surface area contributed by atoms with E-state index in [0.29, 0.717) is 16.9 Å². The van der Waals surface area contributed by atoms with Crippen LogP contribution in [0.3, 0.4) is 0 Å². The first-order valence-corrected chi connectivity index (χ1v) is 5.88. The molecular formula is C11H15ClFN3. The maximum atomic E-state index is 13.7. The zero-order valence-corrected chi connectivity index (χ0v) is 9.97. The van der Waals surface area contributed by atoms with Crippen LogP contribution < -0.4 is 10.2 Å². The molecule has 0 aliphatic carbocycles. The molecule has 1 fully saturated rings. The van der Waals surface area contributed by atoms with Crippen molar-refractivity contribution in [2.45, 2.75) is 19.4 Å². The molecule has 0 saturated carbocycles. The number of nitrogens with one attached hydrogen (secondary N) is 1. The standard InChI is InChI=1S/C11H15ClFN3/c1-2-9-7-14-3-4-16(9)11-10(13)5-8(12)6-15-11/h5-6,9,14H,2-4,7H2,1H3. The van der Waals surface area contributed by atoms with Gasteiger partial charge in [0.25, 0.3) is 0 Å². The topological polar surface area (TPSA) is 28.2 Å². The van der Waals surface area contributed by atoms with E-state index < -0.39 is 0 Å². The van der Waals surface area contributed by atoms with Crippen LogP contribution in [0.25, 0.3) is 0 Å². The van der Waals surface area contributed by atoms with Crippen LogP contribution in [0.5, 0.6) is 0 Å². The Morgan fingerprint density at radius 1 is 1.69 bits per heavy atom. The first-order valence-electron chi connectivity index (χ1n) is 5.50. The van der Waals surface area contributed by atoms with Crippen molar-refractivity contribution in [3.63, 3.8) is 0 Å². The van der Waals surface area contributed by atoms with Crippen molar-refractivity contribution in [1.29, 1.82) is 0 Å². The normalized spacial score (nSPS) is 21.2. The van der Waals surface area contributed by atoms with Crippen molar-refractivity contribution in [3.8, 4) is 0 Å². The third-order valence-electron chi connectivity index (χ3n) is 2.88. The molecule has 16 heavy (non-hydrogen) atoms. The summed E-state index contributed by atoms with van der Waals surface area (Å²) in [7, 11) is 0. The van der Waals surface area contributed by atoms with Crippen molar-refractivity contribution in [2.75, 3.05) is 24.5 Å². The first-order chi connectivity index (χ1) is 7.72. The summed E-state index contributed by atoms with van der Waals surface area (Å²) < 4.78 is 13.7. The Bertz CT molecular complexity index is 372. The predicted octanol–water partition coefficient (Wildman–Crippen LogP) is 2.06. The second kappa shape index (κ2) is 4.97. The number of rotatable bonds is 2. The van der Waals surface area contributed by atoms with Crippen LogP contribution in [0.15, 0.2) is 12.3 Å². The van der Waals surface area contributed by atoms with Gasteiger partial charge in [0.05, 0.1) is 5.02 Å². The van der Waals surface area contributed by atoms with Gasteiger partial charge in [-0.15, -0.1) is 0 Å². The Morgan fingerprint density at radius 2 is 2.50 bits per heavy atom. The highest BCUT2D eigenvalue weighted by Gasteiger charge is 2.24. The third-order valence-corrected chi connectivity index (χ3v) is 3.09. The highest BCUT2D eigenvalue weighted by atomic mass is 35.5. The van der Waals surface area contributed by atoms with E-state index in [-0.39, 0.29) is 5.82 Å². The van der Waals surface area contributed by atoms with E-state index in [9.17, 15) is 4.39 Å². The third kappa shape index (κ3) is 2.28. The molecule has 0 radical (unpaired) electrons. The van der Waals surface area contributed by atoms with E-state index >= 15 is 0 Å². The van der Waals surface area contributed by atoms with Gasteiger partial charge in [-0.2, -0.15) is 0 Å². The Hall–Kier alpha value is -0.870. The number of anilines is 1. The first kappa shape index (κ1) is 11.6. The molecule has 1 saturated heterocycles. The van der Waals surface area contributed by atoms with Crippen molar-refractivity contribution >= 4 is 17.4 Å². The van der Waals surface area contributed by atoms with Crippen LogP contribution in [-0.2, 0) is 0 Å². The molecule has 0 aromatic carbocycles. The minimum absolute atomic E-state index is 0.303. The Labute approximate surface area is 99.6 Å². The summed E-state index contributed by atoms with van der Waals surface area (Å²) in [6, 6.07) is 1.62. The molecule has 1 unspecified atom stereocenters. The van der Waals surface area contributed by atoms with E-state index in [1.54, 1.807) is 0 Å². The summed E-state index contributed by atoms with van der Waals surface area (Å²) in [6.07, 6.45) is 2.46. The van der Waals surface area contributed by atoms with Crippen molar-refractivity contribution in [2.24, 2.45) is 0 Å². The van der Waals surface area contributed by atoms with Crippen LogP contribution >= 0.6 is 11.6 Å². The van der Waals surface area contributed by atoms with Crippen LogP contribution in [-0.4, -0.2) is 30.7 Å². The predicted molar refractivity (Wildman–Crippen MR) is 63.5 cm³/mol. The Balaban J connectivity index is 2.27. The van der Waals surface area contributed by atoms with Gasteiger partial charge in [0.1, 0.15) is 0 Å². The van der Waals surface area contributed by atoms with Crippen molar-refractivity contribution in [3.05, 3.63) is 23.1 Å². The number of hydrogen-bond acceptors (Lipinski definition) is 3. The summed E-state index contributed by atoms with van der Waals surface area (Å²) in [6.45, 7) is 4.61. The Morgan fingerprint density at radius 3 is 3.19 bits per heavy atom. The molecule has 1 aromatic rings. The van der Waals surface area contributed by atoms with Gasteiger partial charge in [0.2, 0.25) is 0 Å². The molecule has 5 heteroatoms. The van der Waals surface area contributed by atoms with Crippen molar-refractivity contribution < 1.29 is 4.39 Å². The highest BCUT2D eigenvalue weighted by molar-refractivity contribution is 6.30. The summed E-state index contributed by atoms with van der Waals surface area (Å²) in [5.74, 6) is 0.0746. The molecule has 1 aliphatic heterocycles. The highest BCUT2D eigenvalue weighted by Crippen LogP contribution is 2.23. The molecule has 3 nitrogen and oxygen atoms in total. The van der Waals surface area contributed by atoms with Crippen LogP contribution in [0.2, 0.25) is 5.02 Å². The van der Waals surface area contributed by atoms with Gasteiger partial charge in [-0.1, -0.05) is 18.5 Å². The van der Waals surface area contributed by atoms with Gasteiger partial charge in [-0.25, -0.2) is 9.37 Å². The molecule has 1 aromatic heterocycles. The summed E-state index contributed by atoms with van der Waals surface area (Å²) in [4.78, 5) is 6.11. The zero-order valence-electron chi connectivity index (χ0n) is 9.21. The fourth-order valence-electron chi connectivity index (χ4n) is 2.02. The molecule has 88 valence electrons. The number of pyridine rings is 1. The van der Waals surface area contributed by atoms with Crippen molar-refractivity contribution in [1.82, 2.24) is 10.3 Å². The lowest BCUT2D eigenvalue weighted by atomic mass is 10.1. The lowest BCUT2D eigenvalue weighted by Gasteiger charge is -2.36. The van der Waals surface area contributed by atoms with E-state index in [4.69, 9.17) is 11.6 Å². The number of hydrogen-bond donors (Lipinski definition) is 1. The molecule has 2 rings (SSSR count). The molecule has 0 bridgehead atoms. The van der Waals surface area contributed by atoms with Gasteiger partial charge >= 0.3 is 0 Å². The molecule has 0 spiro atoms. The summed E-state index contributed by atoms with van der Waals surface area (Å²) in [5.41, 5.74) is 0. The lowest BCUT2D eigenvalue weighted by Crippen LogP contribution is -2.51. The smallest absolute Gasteiger partial charge is 0.167 e. The van der Waals surface area contributed by atoms with Crippen LogP contribution in [0, 0.1) is 5.82 Å². The van der Waals surface area contributed by atoms with E-state index in [2.05, 4.69) is 17.2 Å². The molecule has 1 atom stereocenters. The quantitative estimate of drug-likeness (QED) is 0.862. The monoisotopic (exact) mass is 243 g/mol. The molecule has 2 heterocycles. The molecule has 0 amide bonds. The van der Waals surface area contributed by atoms with E-state index in [0.717, 1.165) is 26.1 Å². The van der Waals surface area contributed by atoms with Gasteiger partial charge in [0.15, 0.2) is 11.6 Å². The minimum atomic E-state index is -0.340. The van der Waals surface area contributed by atoms with Gasteiger partial charge in [-0.3, -0.25) is 0 Å². The minimum Gasteiger partial charge on any atom is -0.349 e. The maximum Gasteiger partial charge on any atom is 0.167 e. The Kier molecular flexibility index (Phi) is 3.61.